The van der Waals surface area contributed by atoms with Gasteiger partial charge in [-0.25, -0.2) is 8.42 Å². The summed E-state index contributed by atoms with van der Waals surface area (Å²) in [4.78, 5) is 16.3. The highest BCUT2D eigenvalue weighted by Gasteiger charge is 2.22. The quantitative estimate of drug-likeness (QED) is 0.680. The Morgan fingerprint density at radius 1 is 1.14 bits per heavy atom. The van der Waals surface area contributed by atoms with Crippen molar-refractivity contribution in [3.05, 3.63) is 0 Å². The molecule has 22 heavy (non-hydrogen) atoms. The van der Waals surface area contributed by atoms with Crippen LogP contribution in [0.25, 0.3) is 0 Å². The van der Waals surface area contributed by atoms with Gasteiger partial charge in [-0.1, -0.05) is 26.7 Å². The molecule has 0 radical (unpaired) electrons. The molecule has 1 saturated heterocycles. The van der Waals surface area contributed by atoms with Crippen molar-refractivity contribution in [3.8, 4) is 0 Å². The SMILES string of the molecule is CCN(CCN1CCCCCC1)C(=O)CS(=O)(=O)CC(C)C. The third-order valence-corrected chi connectivity index (χ3v) is 5.91. The number of hydrogen-bond donors (Lipinski definition) is 0. The fourth-order valence-electron chi connectivity index (χ4n) is 2.93. The van der Waals surface area contributed by atoms with E-state index < -0.39 is 9.84 Å². The minimum absolute atomic E-state index is 0.0602. The van der Waals surface area contributed by atoms with Gasteiger partial charge in [0.05, 0.1) is 5.75 Å². The highest BCUT2D eigenvalue weighted by Crippen LogP contribution is 2.09. The van der Waals surface area contributed by atoms with Crippen molar-refractivity contribution < 1.29 is 13.2 Å². The predicted octanol–water partition coefficient (Wildman–Crippen LogP) is 1.78. The van der Waals surface area contributed by atoms with Gasteiger partial charge in [-0.15, -0.1) is 0 Å². The number of likely N-dealkylation sites (N-methyl/N-ethyl adjacent to an activating group) is 1. The lowest BCUT2D eigenvalue weighted by Gasteiger charge is -2.26. The summed E-state index contributed by atoms with van der Waals surface area (Å²) in [5.74, 6) is -0.454. The Morgan fingerprint density at radius 3 is 2.23 bits per heavy atom. The van der Waals surface area contributed by atoms with Gasteiger partial charge in [0, 0.05) is 19.6 Å². The molecule has 0 aromatic rings. The van der Waals surface area contributed by atoms with Crippen LogP contribution in [-0.2, 0) is 14.6 Å². The largest absolute Gasteiger partial charge is 0.341 e. The van der Waals surface area contributed by atoms with E-state index in [1.165, 1.54) is 25.7 Å². The normalized spacial score (nSPS) is 17.5. The van der Waals surface area contributed by atoms with E-state index in [0.29, 0.717) is 13.1 Å². The van der Waals surface area contributed by atoms with Crippen LogP contribution < -0.4 is 0 Å². The number of carbonyl (C=O) groups excluding carboxylic acids is 1. The van der Waals surface area contributed by atoms with Crippen LogP contribution >= 0.6 is 0 Å². The van der Waals surface area contributed by atoms with Crippen molar-refractivity contribution in [1.29, 1.82) is 0 Å². The van der Waals surface area contributed by atoms with Gasteiger partial charge in [-0.05, 0) is 38.8 Å². The van der Waals surface area contributed by atoms with Crippen LogP contribution in [0.5, 0.6) is 0 Å². The van der Waals surface area contributed by atoms with Gasteiger partial charge >= 0.3 is 0 Å². The maximum atomic E-state index is 12.2. The maximum Gasteiger partial charge on any atom is 0.237 e. The maximum absolute atomic E-state index is 12.2. The molecule has 0 aromatic carbocycles. The highest BCUT2D eigenvalue weighted by atomic mass is 32.2. The van der Waals surface area contributed by atoms with E-state index in [1.54, 1.807) is 4.90 Å². The Balaban J connectivity index is 2.46. The molecule has 130 valence electrons. The summed E-state index contributed by atoms with van der Waals surface area (Å²) >= 11 is 0. The predicted molar refractivity (Wildman–Crippen MR) is 90.7 cm³/mol. The molecular weight excluding hydrogens is 300 g/mol. The zero-order valence-electron chi connectivity index (χ0n) is 14.4. The molecule has 0 atom stereocenters. The fourth-order valence-corrected chi connectivity index (χ4v) is 4.62. The summed E-state index contributed by atoms with van der Waals surface area (Å²) in [6.07, 6.45) is 5.03. The molecular formula is C16H32N2O3S. The summed E-state index contributed by atoms with van der Waals surface area (Å²) < 4.78 is 23.9. The van der Waals surface area contributed by atoms with Crippen LogP contribution in [0.3, 0.4) is 0 Å². The number of hydrogen-bond acceptors (Lipinski definition) is 4. The second-order valence-electron chi connectivity index (χ2n) is 6.68. The first-order valence-corrected chi connectivity index (χ1v) is 10.4. The Labute approximate surface area is 136 Å². The Hall–Kier alpha value is -0.620. The third kappa shape index (κ3) is 7.58. The Bertz CT molecular complexity index is 427. The number of sulfone groups is 1. The van der Waals surface area contributed by atoms with E-state index in [0.717, 1.165) is 19.6 Å². The van der Waals surface area contributed by atoms with Gasteiger partial charge in [0.2, 0.25) is 5.91 Å². The molecule has 0 unspecified atom stereocenters. The van der Waals surface area contributed by atoms with Crippen LogP contribution in [-0.4, -0.2) is 68.4 Å². The topological polar surface area (TPSA) is 57.7 Å². The lowest BCUT2D eigenvalue weighted by Crippen LogP contribution is -2.41. The first-order chi connectivity index (χ1) is 10.3. The molecule has 1 heterocycles. The highest BCUT2D eigenvalue weighted by molar-refractivity contribution is 7.92. The van der Waals surface area contributed by atoms with Gasteiger partial charge in [0.15, 0.2) is 9.84 Å². The van der Waals surface area contributed by atoms with Crippen molar-refractivity contribution in [2.75, 3.05) is 44.2 Å². The first-order valence-electron chi connectivity index (χ1n) is 8.54. The molecule has 1 rings (SSSR count). The number of carbonyl (C=O) groups is 1. The van der Waals surface area contributed by atoms with E-state index >= 15 is 0 Å². The van der Waals surface area contributed by atoms with Crippen molar-refractivity contribution in [1.82, 2.24) is 9.80 Å². The summed E-state index contributed by atoms with van der Waals surface area (Å²) in [7, 11) is -3.29. The zero-order chi connectivity index (χ0) is 16.6. The number of amides is 1. The fraction of sp³-hybridized carbons (Fsp3) is 0.938. The molecule has 1 amide bonds. The molecule has 0 bridgehead atoms. The number of nitrogens with zero attached hydrogens (tertiary/aromatic N) is 2. The van der Waals surface area contributed by atoms with Crippen molar-refractivity contribution in [2.24, 2.45) is 5.92 Å². The van der Waals surface area contributed by atoms with E-state index in [-0.39, 0.29) is 23.3 Å². The average molecular weight is 333 g/mol. The average Bonchev–Trinajstić information content (AvgIpc) is 2.65. The molecule has 0 spiro atoms. The molecule has 6 heteroatoms. The second kappa shape index (κ2) is 9.50. The van der Waals surface area contributed by atoms with Crippen LogP contribution in [0.4, 0.5) is 0 Å². The number of rotatable bonds is 8. The van der Waals surface area contributed by atoms with Crippen molar-refractivity contribution in [2.45, 2.75) is 46.5 Å². The molecule has 5 nitrogen and oxygen atoms in total. The van der Waals surface area contributed by atoms with Crippen molar-refractivity contribution in [3.63, 3.8) is 0 Å². The summed E-state index contributed by atoms with van der Waals surface area (Å²) in [6.45, 7) is 9.88. The second-order valence-corrected chi connectivity index (χ2v) is 8.79. The van der Waals surface area contributed by atoms with Gasteiger partial charge in [-0.3, -0.25) is 4.79 Å². The third-order valence-electron chi connectivity index (χ3n) is 4.05. The number of likely N-dealkylation sites (tertiary alicyclic amines) is 1. The minimum atomic E-state index is -3.29. The molecule has 1 aliphatic rings. The zero-order valence-corrected chi connectivity index (χ0v) is 15.2. The van der Waals surface area contributed by atoms with Crippen LogP contribution in [0.15, 0.2) is 0 Å². The van der Waals surface area contributed by atoms with E-state index in [9.17, 15) is 13.2 Å². The van der Waals surface area contributed by atoms with Crippen LogP contribution in [0.2, 0.25) is 0 Å². The molecule has 1 aliphatic heterocycles. The van der Waals surface area contributed by atoms with Gasteiger partial charge in [0.25, 0.3) is 0 Å². The summed E-state index contributed by atoms with van der Waals surface area (Å²) in [5, 5.41) is 0. The van der Waals surface area contributed by atoms with Crippen LogP contribution in [0.1, 0.15) is 46.5 Å². The molecule has 0 aromatic heterocycles. The van der Waals surface area contributed by atoms with Crippen LogP contribution in [0, 0.1) is 5.92 Å². The monoisotopic (exact) mass is 332 g/mol. The minimum Gasteiger partial charge on any atom is -0.341 e. The summed E-state index contributed by atoms with van der Waals surface area (Å²) in [6, 6.07) is 0. The smallest absolute Gasteiger partial charge is 0.237 e. The molecule has 1 fully saturated rings. The molecule has 0 N–H and O–H groups in total. The van der Waals surface area contributed by atoms with Gasteiger partial charge in [0.1, 0.15) is 5.75 Å². The lowest BCUT2D eigenvalue weighted by atomic mass is 10.2. The Morgan fingerprint density at radius 2 is 1.73 bits per heavy atom. The van der Waals surface area contributed by atoms with Gasteiger partial charge in [-0.2, -0.15) is 0 Å². The van der Waals surface area contributed by atoms with Gasteiger partial charge < -0.3 is 9.80 Å². The molecule has 0 aliphatic carbocycles. The first kappa shape index (κ1) is 19.4. The van der Waals surface area contributed by atoms with E-state index in [4.69, 9.17) is 0 Å². The summed E-state index contributed by atoms with van der Waals surface area (Å²) in [5.41, 5.74) is 0. The lowest BCUT2D eigenvalue weighted by molar-refractivity contribution is -0.128. The Kier molecular flexibility index (Phi) is 8.39. The molecule has 0 saturated carbocycles. The van der Waals surface area contributed by atoms with Crippen molar-refractivity contribution >= 4 is 15.7 Å². The van der Waals surface area contributed by atoms with E-state index in [1.807, 2.05) is 20.8 Å². The van der Waals surface area contributed by atoms with E-state index in [2.05, 4.69) is 4.90 Å². The standard InChI is InChI=1S/C16H32N2O3S/c1-4-18(12-11-17-9-7-5-6-8-10-17)16(19)14-22(20,21)13-15(2)3/h15H,4-14H2,1-3H3.